The molecule has 0 nitrogen and oxygen atoms in total. The summed E-state index contributed by atoms with van der Waals surface area (Å²) < 4.78 is 0. The maximum Gasteiger partial charge on any atom is -0.0326 e. The summed E-state index contributed by atoms with van der Waals surface area (Å²) in [4.78, 5) is 0. The third-order valence-corrected chi connectivity index (χ3v) is 6.22. The first-order chi connectivity index (χ1) is 10.4. The second-order valence-corrected chi connectivity index (χ2v) is 8.52. The molecule has 22 heavy (non-hydrogen) atoms. The highest BCUT2D eigenvalue weighted by atomic mass is 14.3. The lowest BCUT2D eigenvalue weighted by Gasteiger charge is -2.32. The van der Waals surface area contributed by atoms with Gasteiger partial charge in [-0.05, 0) is 36.0 Å². The molecule has 0 spiro atoms. The second kappa shape index (κ2) is 12.4. The van der Waals surface area contributed by atoms with Crippen LogP contribution in [0.25, 0.3) is 0 Å². The van der Waals surface area contributed by atoms with Crippen LogP contribution in [-0.2, 0) is 0 Å². The number of rotatable bonds is 14. The molecule has 0 rings (SSSR count). The standard InChI is InChI=1S/C22H46/c1-8-13-21(10-3)15-12-14-20(6)16-17-22(7,11-4)18-19(5)9-2/h19-21H,8-18H2,1-7H3. The van der Waals surface area contributed by atoms with Gasteiger partial charge in [-0.1, -0.05) is 106 Å². The Morgan fingerprint density at radius 3 is 1.95 bits per heavy atom. The van der Waals surface area contributed by atoms with Gasteiger partial charge < -0.3 is 0 Å². The van der Waals surface area contributed by atoms with E-state index >= 15 is 0 Å². The highest BCUT2D eigenvalue weighted by Gasteiger charge is 2.24. The summed E-state index contributed by atoms with van der Waals surface area (Å²) in [5.41, 5.74) is 0.581. The van der Waals surface area contributed by atoms with Crippen LogP contribution in [0.2, 0.25) is 0 Å². The van der Waals surface area contributed by atoms with Crippen LogP contribution in [0.5, 0.6) is 0 Å². The van der Waals surface area contributed by atoms with Crippen molar-refractivity contribution in [2.45, 2.75) is 119 Å². The normalized spacial score (nSPS) is 18.7. The van der Waals surface area contributed by atoms with Crippen molar-refractivity contribution in [2.24, 2.45) is 23.2 Å². The minimum absolute atomic E-state index is 0.581. The zero-order valence-corrected chi connectivity index (χ0v) is 17.0. The second-order valence-electron chi connectivity index (χ2n) is 8.52. The van der Waals surface area contributed by atoms with Crippen LogP contribution in [0.3, 0.4) is 0 Å². The molecule has 4 unspecified atom stereocenters. The third-order valence-electron chi connectivity index (χ3n) is 6.22. The van der Waals surface area contributed by atoms with E-state index in [4.69, 9.17) is 0 Å². The molecule has 0 fully saturated rings. The fraction of sp³-hybridized carbons (Fsp3) is 1.00. The first-order valence-electron chi connectivity index (χ1n) is 10.4. The van der Waals surface area contributed by atoms with E-state index in [2.05, 4.69) is 48.5 Å². The van der Waals surface area contributed by atoms with E-state index < -0.39 is 0 Å². The SMILES string of the molecule is CCCC(CC)CCCC(C)CCC(C)(CC)CC(C)CC. The summed E-state index contributed by atoms with van der Waals surface area (Å²) in [5.74, 6) is 2.80. The molecule has 0 saturated heterocycles. The van der Waals surface area contributed by atoms with Gasteiger partial charge in [-0.3, -0.25) is 0 Å². The Kier molecular flexibility index (Phi) is 12.4. The molecule has 0 aliphatic carbocycles. The number of hydrogen-bond donors (Lipinski definition) is 0. The van der Waals surface area contributed by atoms with Crippen LogP contribution in [0.1, 0.15) is 119 Å². The van der Waals surface area contributed by atoms with E-state index in [1.807, 2.05) is 0 Å². The minimum Gasteiger partial charge on any atom is -0.0654 e. The van der Waals surface area contributed by atoms with Crippen LogP contribution >= 0.6 is 0 Å². The van der Waals surface area contributed by atoms with Gasteiger partial charge in [-0.2, -0.15) is 0 Å². The molecular weight excluding hydrogens is 264 g/mol. The summed E-state index contributed by atoms with van der Waals surface area (Å²) in [6.45, 7) is 16.9. The molecule has 0 aliphatic heterocycles. The highest BCUT2D eigenvalue weighted by molar-refractivity contribution is 4.76. The van der Waals surface area contributed by atoms with E-state index in [9.17, 15) is 0 Å². The first-order valence-corrected chi connectivity index (χ1v) is 10.4. The monoisotopic (exact) mass is 310 g/mol. The summed E-state index contributed by atoms with van der Waals surface area (Å²) in [6, 6.07) is 0. The maximum absolute atomic E-state index is 2.53. The zero-order valence-electron chi connectivity index (χ0n) is 17.0. The first kappa shape index (κ1) is 22.0. The topological polar surface area (TPSA) is 0 Å². The molecule has 4 atom stereocenters. The van der Waals surface area contributed by atoms with E-state index in [-0.39, 0.29) is 0 Å². The molecule has 0 aliphatic rings. The zero-order chi connectivity index (χ0) is 17.0. The lowest BCUT2D eigenvalue weighted by molar-refractivity contribution is 0.197. The molecule has 0 amide bonds. The lowest BCUT2D eigenvalue weighted by atomic mass is 9.74. The van der Waals surface area contributed by atoms with Crippen LogP contribution in [-0.4, -0.2) is 0 Å². The van der Waals surface area contributed by atoms with Crippen LogP contribution in [0, 0.1) is 23.2 Å². The predicted octanol–water partition coefficient (Wildman–Crippen LogP) is 8.25. The fourth-order valence-corrected chi connectivity index (χ4v) is 3.86. The summed E-state index contributed by atoms with van der Waals surface area (Å²) in [7, 11) is 0. The number of hydrogen-bond acceptors (Lipinski definition) is 0. The van der Waals surface area contributed by atoms with Gasteiger partial charge >= 0.3 is 0 Å². The van der Waals surface area contributed by atoms with Gasteiger partial charge in [0, 0.05) is 0 Å². The molecule has 0 radical (unpaired) electrons. The Hall–Kier alpha value is 0. The molecule has 134 valence electrons. The van der Waals surface area contributed by atoms with E-state index in [1.54, 1.807) is 0 Å². The molecular formula is C22H46. The third kappa shape index (κ3) is 9.90. The molecule has 0 aromatic heterocycles. The van der Waals surface area contributed by atoms with Crippen molar-refractivity contribution in [3.63, 3.8) is 0 Å². The summed E-state index contributed by atoms with van der Waals surface area (Å²) in [6.07, 6.45) is 15.5. The molecule has 0 heterocycles. The minimum atomic E-state index is 0.581. The average Bonchev–Trinajstić information content (AvgIpc) is 2.52. The largest absolute Gasteiger partial charge is 0.0654 e. The molecule has 0 aromatic carbocycles. The van der Waals surface area contributed by atoms with Gasteiger partial charge in [0.05, 0.1) is 0 Å². The van der Waals surface area contributed by atoms with Gasteiger partial charge in [-0.25, -0.2) is 0 Å². The van der Waals surface area contributed by atoms with Crippen molar-refractivity contribution in [1.29, 1.82) is 0 Å². The van der Waals surface area contributed by atoms with E-state index in [0.29, 0.717) is 5.41 Å². The van der Waals surface area contributed by atoms with Gasteiger partial charge in [0.25, 0.3) is 0 Å². The maximum atomic E-state index is 2.53. The van der Waals surface area contributed by atoms with Crippen LogP contribution in [0.15, 0.2) is 0 Å². The quantitative estimate of drug-likeness (QED) is 0.303. The van der Waals surface area contributed by atoms with Crippen molar-refractivity contribution in [1.82, 2.24) is 0 Å². The van der Waals surface area contributed by atoms with Crippen LogP contribution in [0.4, 0.5) is 0 Å². The Balaban J connectivity index is 4.02. The Morgan fingerprint density at radius 1 is 0.773 bits per heavy atom. The Bertz CT molecular complexity index is 244. The summed E-state index contributed by atoms with van der Waals surface area (Å²) in [5, 5.41) is 0. The lowest BCUT2D eigenvalue weighted by Crippen LogP contribution is -2.20. The molecule has 0 heteroatoms. The molecule has 0 bridgehead atoms. The Morgan fingerprint density at radius 2 is 1.45 bits per heavy atom. The predicted molar refractivity (Wildman–Crippen MR) is 103 cm³/mol. The fourth-order valence-electron chi connectivity index (χ4n) is 3.86. The van der Waals surface area contributed by atoms with Crippen LogP contribution < -0.4 is 0 Å². The van der Waals surface area contributed by atoms with Gasteiger partial charge in [-0.15, -0.1) is 0 Å². The van der Waals surface area contributed by atoms with Crippen molar-refractivity contribution < 1.29 is 0 Å². The summed E-state index contributed by atoms with van der Waals surface area (Å²) >= 11 is 0. The smallest absolute Gasteiger partial charge is 0.0326 e. The highest BCUT2D eigenvalue weighted by Crippen LogP contribution is 2.37. The molecule has 0 aromatic rings. The Labute approximate surface area is 142 Å². The van der Waals surface area contributed by atoms with Crippen molar-refractivity contribution in [3.8, 4) is 0 Å². The van der Waals surface area contributed by atoms with Gasteiger partial charge in [0.15, 0.2) is 0 Å². The molecule has 0 saturated carbocycles. The average molecular weight is 311 g/mol. The van der Waals surface area contributed by atoms with Crippen molar-refractivity contribution in [3.05, 3.63) is 0 Å². The van der Waals surface area contributed by atoms with Crippen molar-refractivity contribution in [2.75, 3.05) is 0 Å². The van der Waals surface area contributed by atoms with Gasteiger partial charge in [0.2, 0.25) is 0 Å². The van der Waals surface area contributed by atoms with E-state index in [1.165, 1.54) is 70.6 Å². The van der Waals surface area contributed by atoms with Gasteiger partial charge in [0.1, 0.15) is 0 Å². The van der Waals surface area contributed by atoms with Crippen molar-refractivity contribution >= 4 is 0 Å². The molecule has 0 N–H and O–H groups in total. The van der Waals surface area contributed by atoms with E-state index in [0.717, 1.165) is 17.8 Å².